The molecule has 0 heterocycles. The van der Waals surface area contributed by atoms with Crippen LogP contribution in [0.2, 0.25) is 0 Å². The van der Waals surface area contributed by atoms with Crippen molar-refractivity contribution in [2.75, 3.05) is 0 Å². The third kappa shape index (κ3) is 3.13. The average molecular weight is 412 g/mol. The van der Waals surface area contributed by atoms with Crippen LogP contribution in [0.4, 0.5) is 0 Å². The van der Waals surface area contributed by atoms with Crippen molar-refractivity contribution in [2.24, 2.45) is 23.2 Å². The third-order valence-corrected chi connectivity index (χ3v) is 7.37. The van der Waals surface area contributed by atoms with E-state index in [-0.39, 0.29) is 0 Å². The fourth-order valence-electron chi connectivity index (χ4n) is 5.96. The molecule has 21 heavy (non-hydrogen) atoms. The molecular weight excluding hydrogens is 388 g/mol. The Morgan fingerprint density at radius 2 is 1.48 bits per heavy atom. The van der Waals surface area contributed by atoms with Gasteiger partial charge in [0.05, 0.1) is 0 Å². The Morgan fingerprint density at radius 3 is 2.00 bits per heavy atom. The van der Waals surface area contributed by atoms with Crippen LogP contribution >= 0.6 is 31.9 Å². The molecule has 2 heteroatoms. The molecule has 0 nitrogen and oxygen atoms in total. The molecule has 1 aromatic rings. The fraction of sp³-hybridized carbons (Fsp3) is 0.684. The standard InChI is InChI=1S/C19H24Br2/c20-17-3-1-13(2-4-17)8-18(21)12-19-9-14-5-15(10-19)7-16(6-14)11-19/h1-4,14-16,18H,5-12H2. The van der Waals surface area contributed by atoms with Gasteiger partial charge in [0.2, 0.25) is 0 Å². The van der Waals surface area contributed by atoms with Crippen molar-refractivity contribution in [2.45, 2.75) is 56.2 Å². The van der Waals surface area contributed by atoms with Crippen molar-refractivity contribution < 1.29 is 0 Å². The van der Waals surface area contributed by atoms with Crippen LogP contribution in [0.5, 0.6) is 0 Å². The SMILES string of the molecule is Brc1ccc(CC(Br)CC23CC4CC(CC(C4)C2)C3)cc1. The average Bonchev–Trinajstić information content (AvgIpc) is 2.39. The quantitative estimate of drug-likeness (QED) is 0.505. The van der Waals surface area contributed by atoms with Crippen molar-refractivity contribution in [1.82, 2.24) is 0 Å². The number of hydrogen-bond donors (Lipinski definition) is 0. The van der Waals surface area contributed by atoms with Crippen LogP contribution in [-0.4, -0.2) is 4.83 Å². The Hall–Kier alpha value is 0.180. The summed E-state index contributed by atoms with van der Waals surface area (Å²) in [4.78, 5) is 0.648. The largest absolute Gasteiger partial charge is 0.0887 e. The van der Waals surface area contributed by atoms with Gasteiger partial charge in [-0.15, -0.1) is 0 Å². The number of hydrogen-bond acceptors (Lipinski definition) is 0. The first-order valence-corrected chi connectivity index (χ1v) is 10.2. The maximum absolute atomic E-state index is 4.01. The summed E-state index contributed by atoms with van der Waals surface area (Å²) < 4.78 is 1.18. The van der Waals surface area contributed by atoms with Gasteiger partial charge in [-0.3, -0.25) is 0 Å². The number of rotatable bonds is 4. The van der Waals surface area contributed by atoms with Crippen LogP contribution in [0, 0.1) is 23.2 Å². The molecule has 4 bridgehead atoms. The lowest BCUT2D eigenvalue weighted by Crippen LogP contribution is -2.47. The third-order valence-electron chi connectivity index (χ3n) is 6.19. The van der Waals surface area contributed by atoms with Crippen LogP contribution in [-0.2, 0) is 6.42 Å². The minimum atomic E-state index is 0.648. The molecule has 4 fully saturated rings. The van der Waals surface area contributed by atoms with Crippen LogP contribution < -0.4 is 0 Å². The van der Waals surface area contributed by atoms with Gasteiger partial charge in [-0.25, -0.2) is 0 Å². The summed E-state index contributed by atoms with van der Waals surface area (Å²) in [5, 5.41) is 0. The van der Waals surface area contributed by atoms with E-state index in [4.69, 9.17) is 0 Å². The first-order chi connectivity index (χ1) is 10.1. The lowest BCUT2D eigenvalue weighted by Gasteiger charge is -2.57. The predicted octanol–water partition coefficient (Wildman–Crippen LogP) is 6.36. The summed E-state index contributed by atoms with van der Waals surface area (Å²) in [6.45, 7) is 0. The second kappa shape index (κ2) is 5.67. The number of benzene rings is 1. The van der Waals surface area contributed by atoms with E-state index in [0.29, 0.717) is 10.2 Å². The maximum Gasteiger partial charge on any atom is 0.0191 e. The van der Waals surface area contributed by atoms with E-state index < -0.39 is 0 Å². The van der Waals surface area contributed by atoms with Crippen LogP contribution in [0.3, 0.4) is 0 Å². The monoisotopic (exact) mass is 410 g/mol. The Labute approximate surface area is 145 Å². The van der Waals surface area contributed by atoms with Crippen LogP contribution in [0.1, 0.15) is 50.5 Å². The molecule has 4 aliphatic carbocycles. The second-order valence-electron chi connectivity index (χ2n) is 8.05. The summed E-state index contributed by atoms with van der Waals surface area (Å²) in [6, 6.07) is 8.86. The van der Waals surface area contributed by atoms with E-state index in [1.54, 1.807) is 19.3 Å². The van der Waals surface area contributed by atoms with Gasteiger partial charge in [-0.1, -0.05) is 44.0 Å². The molecule has 0 aromatic heterocycles. The zero-order valence-electron chi connectivity index (χ0n) is 12.5. The molecule has 4 saturated carbocycles. The highest BCUT2D eigenvalue weighted by atomic mass is 79.9. The van der Waals surface area contributed by atoms with Gasteiger partial charge in [0.25, 0.3) is 0 Å². The Morgan fingerprint density at radius 1 is 0.952 bits per heavy atom. The van der Waals surface area contributed by atoms with Crippen molar-refractivity contribution in [3.05, 3.63) is 34.3 Å². The maximum atomic E-state index is 4.01. The Kier molecular flexibility index (Phi) is 3.98. The van der Waals surface area contributed by atoms with Gasteiger partial charge >= 0.3 is 0 Å². The number of alkyl halides is 1. The summed E-state index contributed by atoms with van der Waals surface area (Å²) in [7, 11) is 0. The molecule has 0 spiro atoms. The Bertz CT molecular complexity index is 470. The zero-order valence-corrected chi connectivity index (χ0v) is 15.7. The van der Waals surface area contributed by atoms with Crippen LogP contribution in [0.25, 0.3) is 0 Å². The van der Waals surface area contributed by atoms with E-state index in [1.807, 2.05) is 0 Å². The van der Waals surface area contributed by atoms with Crippen molar-refractivity contribution in [3.63, 3.8) is 0 Å². The van der Waals surface area contributed by atoms with Gasteiger partial charge in [-0.05, 0) is 92.2 Å². The molecular formula is C19H24Br2. The number of halogens is 2. The minimum Gasteiger partial charge on any atom is -0.0887 e. The summed E-state index contributed by atoms with van der Waals surface area (Å²) >= 11 is 7.54. The fourth-order valence-corrected chi connectivity index (χ4v) is 7.28. The molecule has 0 amide bonds. The van der Waals surface area contributed by atoms with Gasteiger partial charge in [0.15, 0.2) is 0 Å². The van der Waals surface area contributed by atoms with Gasteiger partial charge in [0, 0.05) is 9.30 Å². The molecule has 1 aromatic carbocycles. The topological polar surface area (TPSA) is 0 Å². The first-order valence-electron chi connectivity index (χ1n) is 8.49. The molecule has 4 aliphatic rings. The molecule has 0 radical (unpaired) electrons. The lowest BCUT2D eigenvalue weighted by atomic mass is 9.48. The molecule has 0 saturated heterocycles. The highest BCUT2D eigenvalue weighted by Gasteiger charge is 2.50. The minimum absolute atomic E-state index is 0.648. The molecule has 1 unspecified atom stereocenters. The smallest absolute Gasteiger partial charge is 0.0191 e. The van der Waals surface area contributed by atoms with E-state index in [0.717, 1.165) is 17.8 Å². The van der Waals surface area contributed by atoms with E-state index in [9.17, 15) is 0 Å². The summed E-state index contributed by atoms with van der Waals surface area (Å²) in [5.74, 6) is 3.22. The molecule has 5 rings (SSSR count). The van der Waals surface area contributed by atoms with Crippen LogP contribution in [0.15, 0.2) is 28.7 Å². The van der Waals surface area contributed by atoms with Gasteiger partial charge in [0.1, 0.15) is 0 Å². The van der Waals surface area contributed by atoms with Gasteiger partial charge in [-0.2, -0.15) is 0 Å². The van der Waals surface area contributed by atoms with E-state index in [1.165, 1.54) is 42.1 Å². The van der Waals surface area contributed by atoms with E-state index >= 15 is 0 Å². The highest BCUT2D eigenvalue weighted by Crippen LogP contribution is 2.62. The van der Waals surface area contributed by atoms with Crippen molar-refractivity contribution in [1.29, 1.82) is 0 Å². The highest BCUT2D eigenvalue weighted by molar-refractivity contribution is 9.10. The first kappa shape index (κ1) is 14.8. The normalized spacial score (nSPS) is 38.7. The van der Waals surface area contributed by atoms with Gasteiger partial charge < -0.3 is 0 Å². The van der Waals surface area contributed by atoms with E-state index in [2.05, 4.69) is 56.1 Å². The summed E-state index contributed by atoms with van der Waals surface area (Å²) in [6.07, 6.45) is 11.8. The molecule has 1 atom stereocenters. The Balaban J connectivity index is 1.42. The summed E-state index contributed by atoms with van der Waals surface area (Å²) in [5.41, 5.74) is 2.16. The zero-order chi connectivity index (χ0) is 14.4. The predicted molar refractivity (Wildman–Crippen MR) is 95.8 cm³/mol. The molecule has 0 aliphatic heterocycles. The second-order valence-corrected chi connectivity index (χ2v) is 10.3. The lowest BCUT2D eigenvalue weighted by molar-refractivity contribution is -0.0569. The molecule has 114 valence electrons. The van der Waals surface area contributed by atoms with Crippen molar-refractivity contribution >= 4 is 31.9 Å². The molecule has 0 N–H and O–H groups in total. The van der Waals surface area contributed by atoms with Crippen molar-refractivity contribution in [3.8, 4) is 0 Å².